The number of benzene rings is 2. The largest absolute Gasteiger partial charge is 0.365 e. The summed E-state index contributed by atoms with van der Waals surface area (Å²) in [4.78, 5) is 28.7. The smallest absolute Gasteiger partial charge is 0.269 e. The maximum absolute atomic E-state index is 13.3. The number of non-ortho nitro benzene ring substituents is 1. The molecule has 3 aliphatic rings. The molecule has 2 heterocycles. The zero-order valence-electron chi connectivity index (χ0n) is 17.9. The lowest BCUT2D eigenvalue weighted by Crippen LogP contribution is -2.61. The van der Waals surface area contributed by atoms with Crippen molar-refractivity contribution >= 4 is 17.3 Å². The molecule has 1 saturated carbocycles. The van der Waals surface area contributed by atoms with Crippen molar-refractivity contribution in [2.75, 3.05) is 31.1 Å². The highest BCUT2D eigenvalue weighted by atomic mass is 19.1. The van der Waals surface area contributed by atoms with Gasteiger partial charge >= 0.3 is 0 Å². The molecule has 8 heteroatoms. The predicted molar refractivity (Wildman–Crippen MR) is 119 cm³/mol. The summed E-state index contributed by atoms with van der Waals surface area (Å²) in [5.41, 5.74) is 2.97. The Hall–Kier alpha value is -3.00. The Balaban J connectivity index is 1.39. The number of anilines is 1. The minimum atomic E-state index is -0.380. The van der Waals surface area contributed by atoms with Crippen LogP contribution in [0.2, 0.25) is 0 Å². The molecule has 1 amide bonds. The van der Waals surface area contributed by atoms with Gasteiger partial charge in [-0.1, -0.05) is 12.1 Å². The van der Waals surface area contributed by atoms with E-state index in [0.717, 1.165) is 36.4 Å². The van der Waals surface area contributed by atoms with Crippen molar-refractivity contribution in [3.63, 3.8) is 0 Å². The molecule has 2 fully saturated rings. The van der Waals surface area contributed by atoms with Crippen LogP contribution >= 0.6 is 0 Å². The van der Waals surface area contributed by atoms with Crippen LogP contribution in [0.15, 0.2) is 42.5 Å². The minimum absolute atomic E-state index is 0.00245. The number of nitrogens with zero attached hydrogens (tertiary/aromatic N) is 3. The number of carbonyl (C=O) groups is 1. The van der Waals surface area contributed by atoms with E-state index < -0.39 is 0 Å². The molecule has 32 heavy (non-hydrogen) atoms. The number of amides is 1. The first-order valence-electron chi connectivity index (χ1n) is 11.3. The molecule has 2 aromatic carbocycles. The topological polar surface area (TPSA) is 78.7 Å². The van der Waals surface area contributed by atoms with Crippen LogP contribution in [0.5, 0.6) is 0 Å². The van der Waals surface area contributed by atoms with E-state index in [0.29, 0.717) is 25.4 Å². The van der Waals surface area contributed by atoms with E-state index in [9.17, 15) is 19.3 Å². The zero-order valence-corrected chi connectivity index (χ0v) is 17.9. The number of rotatable bonds is 6. The Labute approximate surface area is 186 Å². The Bertz CT molecular complexity index is 1020. The summed E-state index contributed by atoms with van der Waals surface area (Å²) in [5, 5.41) is 14.4. The summed E-state index contributed by atoms with van der Waals surface area (Å²) in [5.74, 6) is 0.115. The summed E-state index contributed by atoms with van der Waals surface area (Å²) in [6.45, 7) is 3.68. The monoisotopic (exact) mass is 438 g/mol. The van der Waals surface area contributed by atoms with Gasteiger partial charge in [0.1, 0.15) is 5.82 Å². The van der Waals surface area contributed by atoms with Crippen molar-refractivity contribution in [1.82, 2.24) is 10.2 Å². The van der Waals surface area contributed by atoms with Crippen LogP contribution in [0.1, 0.15) is 24.0 Å². The molecule has 168 valence electrons. The summed E-state index contributed by atoms with van der Waals surface area (Å²) >= 11 is 0. The van der Waals surface area contributed by atoms with Crippen molar-refractivity contribution in [1.29, 1.82) is 0 Å². The van der Waals surface area contributed by atoms with Gasteiger partial charge in [0.25, 0.3) is 5.69 Å². The Morgan fingerprint density at radius 1 is 1.16 bits per heavy atom. The van der Waals surface area contributed by atoms with Crippen molar-refractivity contribution in [2.45, 2.75) is 31.8 Å². The van der Waals surface area contributed by atoms with Gasteiger partial charge in [0, 0.05) is 50.5 Å². The fraction of sp³-hybridized carbons (Fsp3) is 0.458. The highest BCUT2D eigenvalue weighted by Gasteiger charge is 2.42. The summed E-state index contributed by atoms with van der Waals surface area (Å²) in [6.07, 6.45) is 2.83. The van der Waals surface area contributed by atoms with Gasteiger partial charge in [-0.25, -0.2) is 4.39 Å². The minimum Gasteiger partial charge on any atom is -0.365 e. The van der Waals surface area contributed by atoms with Gasteiger partial charge in [0.05, 0.1) is 16.9 Å². The summed E-state index contributed by atoms with van der Waals surface area (Å²) in [6, 6.07) is 11.6. The molecule has 0 radical (unpaired) electrons. The number of nitrogens with one attached hydrogen (secondary N) is 1. The number of nitro benzene ring substituents is 1. The third kappa shape index (κ3) is 4.32. The van der Waals surface area contributed by atoms with Gasteiger partial charge in [0.2, 0.25) is 5.91 Å². The number of carbonyl (C=O) groups excluding carboxylic acids is 1. The molecule has 0 aromatic heterocycles. The predicted octanol–water partition coefficient (Wildman–Crippen LogP) is 3.12. The van der Waals surface area contributed by atoms with Crippen molar-refractivity contribution < 1.29 is 14.1 Å². The second-order valence-electron chi connectivity index (χ2n) is 9.19. The first kappa shape index (κ1) is 20.9. The molecule has 1 aliphatic carbocycles. The molecule has 5 rings (SSSR count). The molecule has 0 unspecified atom stereocenters. The SMILES string of the molecule is O=C(NCC1CC1)[C@H]1Cc2cc([N+](=O)[O-])ccc2N2CCN(Cc3ccc(F)cc3)C[C@H]12. The maximum Gasteiger partial charge on any atom is 0.269 e. The van der Waals surface area contributed by atoms with Gasteiger partial charge in [-0.3, -0.25) is 19.8 Å². The molecule has 2 aromatic rings. The van der Waals surface area contributed by atoms with E-state index in [1.165, 1.54) is 25.0 Å². The highest BCUT2D eigenvalue weighted by molar-refractivity contribution is 5.82. The quantitative estimate of drug-likeness (QED) is 0.554. The van der Waals surface area contributed by atoms with Crippen molar-refractivity contribution in [3.8, 4) is 0 Å². The number of hydrogen-bond acceptors (Lipinski definition) is 5. The van der Waals surface area contributed by atoms with Crippen molar-refractivity contribution in [2.24, 2.45) is 11.8 Å². The van der Waals surface area contributed by atoms with Crippen LogP contribution in [-0.2, 0) is 17.8 Å². The first-order chi connectivity index (χ1) is 15.5. The molecule has 1 saturated heterocycles. The second-order valence-corrected chi connectivity index (χ2v) is 9.19. The maximum atomic E-state index is 13.3. The number of hydrogen-bond donors (Lipinski definition) is 1. The van der Waals surface area contributed by atoms with E-state index in [1.807, 2.05) is 6.07 Å². The number of fused-ring (bicyclic) bond motifs is 3. The molecule has 0 bridgehead atoms. The Kier molecular flexibility index (Phi) is 5.55. The number of piperazine rings is 1. The van der Waals surface area contributed by atoms with E-state index in [4.69, 9.17) is 0 Å². The normalized spacial score (nSPS) is 22.7. The fourth-order valence-electron chi connectivity index (χ4n) is 4.97. The molecule has 7 nitrogen and oxygen atoms in total. The lowest BCUT2D eigenvalue weighted by molar-refractivity contribution is -0.384. The molecule has 1 N–H and O–H groups in total. The average molecular weight is 439 g/mol. The third-order valence-corrected chi connectivity index (χ3v) is 6.91. The zero-order chi connectivity index (χ0) is 22.2. The number of nitro groups is 1. The summed E-state index contributed by atoms with van der Waals surface area (Å²) in [7, 11) is 0. The van der Waals surface area contributed by atoms with Gasteiger partial charge in [-0.15, -0.1) is 0 Å². The van der Waals surface area contributed by atoms with E-state index in [2.05, 4.69) is 15.1 Å². The van der Waals surface area contributed by atoms with Crippen LogP contribution in [0.3, 0.4) is 0 Å². The van der Waals surface area contributed by atoms with E-state index >= 15 is 0 Å². The van der Waals surface area contributed by atoms with Crippen molar-refractivity contribution in [3.05, 3.63) is 69.5 Å². The number of halogens is 1. The Morgan fingerprint density at radius 3 is 2.66 bits per heavy atom. The fourth-order valence-corrected chi connectivity index (χ4v) is 4.97. The van der Waals surface area contributed by atoms with Gasteiger partial charge < -0.3 is 10.2 Å². The Morgan fingerprint density at radius 2 is 1.94 bits per heavy atom. The van der Waals surface area contributed by atoms with Crippen LogP contribution in [0.4, 0.5) is 15.8 Å². The highest BCUT2D eigenvalue weighted by Crippen LogP contribution is 2.38. The van der Waals surface area contributed by atoms with Crippen LogP contribution < -0.4 is 10.2 Å². The second kappa shape index (κ2) is 8.50. The van der Waals surface area contributed by atoms with Gasteiger partial charge in [-0.2, -0.15) is 0 Å². The lowest BCUT2D eigenvalue weighted by Gasteiger charge is -2.49. The van der Waals surface area contributed by atoms with Crippen LogP contribution in [-0.4, -0.2) is 48.0 Å². The van der Waals surface area contributed by atoms with E-state index in [1.54, 1.807) is 24.3 Å². The van der Waals surface area contributed by atoms with Gasteiger partial charge in [0.15, 0.2) is 0 Å². The average Bonchev–Trinajstić information content (AvgIpc) is 3.62. The molecule has 2 aliphatic heterocycles. The standard InChI is InChI=1S/C24H27FN4O3/c25-19-5-3-17(4-6-19)14-27-9-10-28-22-8-7-20(29(31)32)11-18(22)12-21(23(28)15-27)24(30)26-13-16-1-2-16/h3-8,11,16,21,23H,1-2,9-10,12-15H2,(H,26,30)/t21-,23+/m0/s1. The molecular formula is C24H27FN4O3. The first-order valence-corrected chi connectivity index (χ1v) is 11.3. The third-order valence-electron chi connectivity index (χ3n) is 6.91. The summed E-state index contributed by atoms with van der Waals surface area (Å²) < 4.78 is 13.3. The molecule has 2 atom stereocenters. The molecular weight excluding hydrogens is 411 g/mol. The van der Waals surface area contributed by atoms with Crippen LogP contribution in [0.25, 0.3) is 0 Å². The molecule has 0 spiro atoms. The lowest BCUT2D eigenvalue weighted by atomic mass is 9.83. The van der Waals surface area contributed by atoms with Gasteiger partial charge in [-0.05, 0) is 54.5 Å². The van der Waals surface area contributed by atoms with Crippen LogP contribution in [0, 0.1) is 27.8 Å². The van der Waals surface area contributed by atoms with E-state index in [-0.39, 0.29) is 34.3 Å².